The molecular weight excluding hydrogens is 220 g/mol. The maximum absolute atomic E-state index is 11.2. The zero-order valence-electron chi connectivity index (χ0n) is 9.16. The van der Waals surface area contributed by atoms with Gasteiger partial charge in [0.2, 0.25) is 0 Å². The van der Waals surface area contributed by atoms with Crippen molar-refractivity contribution < 1.29 is 14.3 Å². The molecule has 2 rings (SSSR count). The summed E-state index contributed by atoms with van der Waals surface area (Å²) in [5.41, 5.74) is 1.66. The van der Waals surface area contributed by atoms with Crippen LogP contribution in [0.5, 0.6) is 0 Å². The summed E-state index contributed by atoms with van der Waals surface area (Å²) in [6.07, 6.45) is 3.83. The number of esters is 1. The maximum atomic E-state index is 11.2. The number of benzene rings is 1. The number of hydrogen-bond donors (Lipinski definition) is 0. The van der Waals surface area contributed by atoms with Gasteiger partial charge in [0.05, 0.1) is 12.7 Å². The fraction of sp³-hybridized carbons (Fsp3) is 0.0833. The first-order chi connectivity index (χ1) is 8.24. The smallest absolute Gasteiger partial charge is 0.337 e. The van der Waals surface area contributed by atoms with Gasteiger partial charge in [0.25, 0.3) is 0 Å². The minimum absolute atomic E-state index is 0.363. The average Bonchev–Trinajstić information content (AvgIpc) is 2.87. The lowest BCUT2D eigenvalue weighted by molar-refractivity contribution is 0.0600. The Bertz CT molecular complexity index is 543. The molecule has 17 heavy (non-hydrogen) atoms. The van der Waals surface area contributed by atoms with Crippen molar-refractivity contribution in [1.82, 2.24) is 9.55 Å². The second-order valence-corrected chi connectivity index (χ2v) is 3.36. The number of carbonyl (C=O) groups is 2. The lowest BCUT2D eigenvalue weighted by Gasteiger charge is -2.03. The molecule has 0 unspecified atom stereocenters. The number of aldehydes is 1. The summed E-state index contributed by atoms with van der Waals surface area (Å²) in [6, 6.07) is 6.81. The Hall–Kier alpha value is -2.43. The minimum Gasteiger partial charge on any atom is -0.465 e. The van der Waals surface area contributed by atoms with Crippen LogP contribution in [-0.2, 0) is 4.74 Å². The molecule has 0 N–H and O–H groups in total. The summed E-state index contributed by atoms with van der Waals surface area (Å²) in [5.74, 6) is -0.379. The van der Waals surface area contributed by atoms with Gasteiger partial charge in [0.1, 0.15) is 12.0 Å². The predicted octanol–water partition coefficient (Wildman–Crippen LogP) is 1.47. The standard InChI is InChI=1S/C12H10N2O3/c1-17-12(16)9-2-4-11(5-3-9)14-6-10(7-15)13-8-14/h2-8H,1H3. The number of imidazole rings is 1. The van der Waals surface area contributed by atoms with Crippen LogP contribution in [0.2, 0.25) is 0 Å². The Morgan fingerprint density at radius 2 is 2.06 bits per heavy atom. The van der Waals surface area contributed by atoms with E-state index < -0.39 is 0 Å². The van der Waals surface area contributed by atoms with Crippen LogP contribution in [0.4, 0.5) is 0 Å². The van der Waals surface area contributed by atoms with Gasteiger partial charge in [-0.2, -0.15) is 0 Å². The Morgan fingerprint density at radius 3 is 2.59 bits per heavy atom. The summed E-state index contributed by atoms with van der Waals surface area (Å²) >= 11 is 0. The summed E-state index contributed by atoms with van der Waals surface area (Å²) < 4.78 is 6.30. The number of rotatable bonds is 3. The van der Waals surface area contributed by atoms with Crippen molar-refractivity contribution in [3.05, 3.63) is 48.0 Å². The molecule has 0 spiro atoms. The van der Waals surface area contributed by atoms with E-state index in [9.17, 15) is 9.59 Å². The van der Waals surface area contributed by atoms with Crippen LogP contribution in [0.1, 0.15) is 20.8 Å². The molecule has 1 aromatic carbocycles. The fourth-order valence-electron chi connectivity index (χ4n) is 1.43. The average molecular weight is 230 g/mol. The Kier molecular flexibility index (Phi) is 3.00. The van der Waals surface area contributed by atoms with Crippen LogP contribution in [-0.4, -0.2) is 28.9 Å². The molecule has 0 bridgehead atoms. The van der Waals surface area contributed by atoms with Crippen molar-refractivity contribution in [1.29, 1.82) is 0 Å². The Labute approximate surface area is 97.7 Å². The van der Waals surface area contributed by atoms with Crippen LogP contribution in [0.15, 0.2) is 36.8 Å². The first-order valence-corrected chi connectivity index (χ1v) is 4.92. The zero-order valence-corrected chi connectivity index (χ0v) is 9.16. The molecule has 0 aliphatic carbocycles. The number of nitrogens with zero attached hydrogens (tertiary/aromatic N) is 2. The number of carbonyl (C=O) groups excluding carboxylic acids is 2. The number of methoxy groups -OCH3 is 1. The fourth-order valence-corrected chi connectivity index (χ4v) is 1.43. The summed E-state index contributed by atoms with van der Waals surface area (Å²) in [5, 5.41) is 0. The molecule has 5 nitrogen and oxygen atoms in total. The third kappa shape index (κ3) is 2.23. The second kappa shape index (κ2) is 4.61. The maximum Gasteiger partial charge on any atom is 0.337 e. The topological polar surface area (TPSA) is 61.2 Å². The highest BCUT2D eigenvalue weighted by molar-refractivity contribution is 5.89. The lowest BCUT2D eigenvalue weighted by atomic mass is 10.2. The van der Waals surface area contributed by atoms with E-state index in [1.807, 2.05) is 0 Å². The highest BCUT2D eigenvalue weighted by atomic mass is 16.5. The van der Waals surface area contributed by atoms with Gasteiger partial charge >= 0.3 is 5.97 Å². The number of ether oxygens (including phenoxy) is 1. The molecular formula is C12H10N2O3. The summed E-state index contributed by atoms with van der Waals surface area (Å²) in [7, 11) is 1.34. The van der Waals surface area contributed by atoms with E-state index in [1.165, 1.54) is 13.4 Å². The molecule has 0 atom stereocenters. The number of aromatic nitrogens is 2. The molecule has 86 valence electrons. The van der Waals surface area contributed by atoms with Gasteiger partial charge in [-0.05, 0) is 24.3 Å². The lowest BCUT2D eigenvalue weighted by Crippen LogP contribution is -2.01. The van der Waals surface area contributed by atoms with Crippen molar-refractivity contribution in [2.45, 2.75) is 0 Å². The molecule has 0 amide bonds. The first kappa shape index (κ1) is 11.1. The zero-order chi connectivity index (χ0) is 12.3. The molecule has 1 heterocycles. The van der Waals surface area contributed by atoms with Crippen molar-refractivity contribution in [2.75, 3.05) is 7.11 Å². The molecule has 0 saturated carbocycles. The van der Waals surface area contributed by atoms with Crippen LogP contribution >= 0.6 is 0 Å². The van der Waals surface area contributed by atoms with Crippen LogP contribution in [0, 0.1) is 0 Å². The van der Waals surface area contributed by atoms with E-state index in [-0.39, 0.29) is 5.97 Å². The Balaban J connectivity index is 2.28. The quantitative estimate of drug-likeness (QED) is 0.591. The van der Waals surface area contributed by atoms with Gasteiger partial charge in [-0.1, -0.05) is 0 Å². The third-order valence-electron chi connectivity index (χ3n) is 2.31. The highest BCUT2D eigenvalue weighted by Gasteiger charge is 2.05. The molecule has 0 saturated heterocycles. The SMILES string of the molecule is COC(=O)c1ccc(-n2cnc(C=O)c2)cc1. The van der Waals surface area contributed by atoms with Gasteiger partial charge in [0, 0.05) is 11.9 Å². The van der Waals surface area contributed by atoms with Crippen molar-refractivity contribution >= 4 is 12.3 Å². The van der Waals surface area contributed by atoms with E-state index in [0.29, 0.717) is 17.5 Å². The van der Waals surface area contributed by atoms with Gasteiger partial charge in [-0.15, -0.1) is 0 Å². The van der Waals surface area contributed by atoms with Crippen molar-refractivity contribution in [2.24, 2.45) is 0 Å². The Morgan fingerprint density at radius 1 is 1.35 bits per heavy atom. The molecule has 0 fully saturated rings. The normalized spacial score (nSPS) is 9.94. The van der Waals surface area contributed by atoms with Gasteiger partial charge in [-0.25, -0.2) is 9.78 Å². The molecule has 0 aliphatic heterocycles. The summed E-state index contributed by atoms with van der Waals surface area (Å²) in [6.45, 7) is 0. The van der Waals surface area contributed by atoms with E-state index in [0.717, 1.165) is 5.69 Å². The molecule has 5 heteroatoms. The van der Waals surface area contributed by atoms with E-state index in [2.05, 4.69) is 9.72 Å². The van der Waals surface area contributed by atoms with E-state index >= 15 is 0 Å². The molecule has 0 aliphatic rings. The molecule has 1 aromatic heterocycles. The van der Waals surface area contributed by atoms with Gasteiger partial charge < -0.3 is 9.30 Å². The molecule has 0 radical (unpaired) electrons. The van der Waals surface area contributed by atoms with Crippen LogP contribution in [0.25, 0.3) is 5.69 Å². The highest BCUT2D eigenvalue weighted by Crippen LogP contribution is 2.10. The summed E-state index contributed by atoms with van der Waals surface area (Å²) in [4.78, 5) is 25.6. The minimum atomic E-state index is -0.379. The van der Waals surface area contributed by atoms with Crippen molar-refractivity contribution in [3.8, 4) is 5.69 Å². The van der Waals surface area contributed by atoms with Crippen LogP contribution < -0.4 is 0 Å². The molecule has 2 aromatic rings. The van der Waals surface area contributed by atoms with Gasteiger partial charge in [-0.3, -0.25) is 4.79 Å². The van der Waals surface area contributed by atoms with Crippen molar-refractivity contribution in [3.63, 3.8) is 0 Å². The second-order valence-electron chi connectivity index (χ2n) is 3.36. The first-order valence-electron chi connectivity index (χ1n) is 4.92. The monoisotopic (exact) mass is 230 g/mol. The van der Waals surface area contributed by atoms with Gasteiger partial charge in [0.15, 0.2) is 6.29 Å². The largest absolute Gasteiger partial charge is 0.465 e. The van der Waals surface area contributed by atoms with E-state index in [1.54, 1.807) is 35.0 Å². The van der Waals surface area contributed by atoms with E-state index in [4.69, 9.17) is 0 Å². The predicted molar refractivity (Wildman–Crippen MR) is 60.3 cm³/mol. The number of hydrogen-bond acceptors (Lipinski definition) is 4. The third-order valence-corrected chi connectivity index (χ3v) is 2.31. The van der Waals surface area contributed by atoms with Crippen LogP contribution in [0.3, 0.4) is 0 Å².